The number of ether oxygens (including phenoxy) is 2. The predicted octanol–water partition coefficient (Wildman–Crippen LogP) is 6.73. The molecule has 60 heavy (non-hydrogen) atoms. The van der Waals surface area contributed by atoms with Crippen molar-refractivity contribution in [1.82, 2.24) is 25.3 Å². The molecule has 1 aliphatic rings. The van der Waals surface area contributed by atoms with Crippen molar-refractivity contribution in [2.75, 3.05) is 74.4 Å². The van der Waals surface area contributed by atoms with Crippen LogP contribution in [-0.4, -0.2) is 145 Å². The summed E-state index contributed by atoms with van der Waals surface area (Å²) in [6.07, 6.45) is 7.29. The molecule has 1 aromatic carbocycles. The number of aldehydes is 1. The van der Waals surface area contributed by atoms with Crippen molar-refractivity contribution in [2.24, 2.45) is 23.5 Å². The maximum atomic E-state index is 12.8. The van der Waals surface area contributed by atoms with Crippen LogP contribution in [0.3, 0.4) is 0 Å². The van der Waals surface area contributed by atoms with Crippen LogP contribution in [0.5, 0.6) is 0 Å². The van der Waals surface area contributed by atoms with Crippen molar-refractivity contribution in [3.63, 3.8) is 0 Å². The number of likely N-dealkylation sites (tertiary alicyclic amines) is 1. The van der Waals surface area contributed by atoms with Gasteiger partial charge in [-0.3, -0.25) is 19.3 Å². The number of carbonyl (C=O) groups excluding carboxylic acids is 4. The van der Waals surface area contributed by atoms with Crippen molar-refractivity contribution in [3.8, 4) is 0 Å². The highest BCUT2D eigenvalue weighted by atomic mass is 16.5. The van der Waals surface area contributed by atoms with E-state index in [1.54, 1.807) is 26.2 Å². The predicted molar refractivity (Wildman–Crippen MR) is 254 cm³/mol. The van der Waals surface area contributed by atoms with Gasteiger partial charge in [0.05, 0.1) is 42.8 Å². The Kier molecular flexibility index (Phi) is 42.4. The summed E-state index contributed by atoms with van der Waals surface area (Å²) in [6, 6.07) is 8.08. The first-order valence-corrected chi connectivity index (χ1v) is 22.6. The Morgan fingerprint density at radius 2 is 1.47 bits per heavy atom. The van der Waals surface area contributed by atoms with Crippen molar-refractivity contribution in [2.45, 2.75) is 158 Å². The molecule has 1 heterocycles. The van der Waals surface area contributed by atoms with Crippen LogP contribution in [0.25, 0.3) is 0 Å². The summed E-state index contributed by atoms with van der Waals surface area (Å²) < 4.78 is 11.1. The van der Waals surface area contributed by atoms with Crippen LogP contribution in [-0.2, 0) is 35.1 Å². The third-order valence-corrected chi connectivity index (χ3v) is 10.3. The van der Waals surface area contributed by atoms with Crippen LogP contribution >= 0.6 is 0 Å². The van der Waals surface area contributed by atoms with Gasteiger partial charge in [-0.25, -0.2) is 0 Å². The summed E-state index contributed by atoms with van der Waals surface area (Å²) in [7, 11) is 12.7. The van der Waals surface area contributed by atoms with Gasteiger partial charge in [0, 0.05) is 53.1 Å². The first-order chi connectivity index (χ1) is 28.6. The van der Waals surface area contributed by atoms with Gasteiger partial charge in [0.25, 0.3) is 0 Å². The summed E-state index contributed by atoms with van der Waals surface area (Å²) in [6.45, 7) is 26.1. The fraction of sp³-hybridized carbons (Fsp3) is 0.787. The van der Waals surface area contributed by atoms with Gasteiger partial charge in [0.2, 0.25) is 18.2 Å². The molecule has 0 aromatic heterocycles. The lowest BCUT2D eigenvalue weighted by atomic mass is 9.91. The van der Waals surface area contributed by atoms with Gasteiger partial charge in [-0.05, 0) is 76.4 Å². The van der Waals surface area contributed by atoms with Crippen LogP contribution in [0.4, 0.5) is 5.69 Å². The Morgan fingerprint density at radius 1 is 0.917 bits per heavy atom. The number of nitrogens with one attached hydrogen (secondary N) is 3. The van der Waals surface area contributed by atoms with Crippen molar-refractivity contribution in [1.29, 1.82) is 0 Å². The smallest absolute Gasteiger partial charge is 0.236 e. The molecular formula is C47H95N7O6. The lowest BCUT2D eigenvalue weighted by Gasteiger charge is -2.37. The molecule has 0 saturated carbocycles. The zero-order chi connectivity index (χ0) is 47.4. The topological polar surface area (TPSA) is 159 Å². The van der Waals surface area contributed by atoms with Gasteiger partial charge in [-0.15, -0.1) is 0 Å². The molecule has 354 valence electrons. The Morgan fingerprint density at radius 3 is 1.82 bits per heavy atom. The molecule has 5 N–H and O–H groups in total. The van der Waals surface area contributed by atoms with Crippen molar-refractivity contribution in [3.05, 3.63) is 29.8 Å². The molecule has 13 nitrogen and oxygen atoms in total. The monoisotopic (exact) mass is 854 g/mol. The second-order valence-corrected chi connectivity index (χ2v) is 15.3. The van der Waals surface area contributed by atoms with Crippen molar-refractivity contribution >= 4 is 30.2 Å². The first-order valence-electron chi connectivity index (χ1n) is 22.6. The molecule has 1 aromatic rings. The summed E-state index contributed by atoms with van der Waals surface area (Å²) in [5.74, 6) is 0.500. The maximum absolute atomic E-state index is 12.8. The number of likely N-dealkylation sites (N-methyl/N-ethyl adjacent to an activating group) is 3. The quantitative estimate of drug-likeness (QED) is 0.0978. The van der Waals surface area contributed by atoms with E-state index in [1.165, 1.54) is 6.42 Å². The highest BCUT2D eigenvalue weighted by molar-refractivity contribution is 5.79. The Hall–Kier alpha value is -3.10. The molecule has 1 saturated heterocycles. The number of nitrogens with two attached hydrogens (primary N) is 1. The lowest BCUT2D eigenvalue weighted by molar-refractivity contribution is -0.135. The normalized spacial score (nSPS) is 16.3. The third-order valence-electron chi connectivity index (χ3n) is 10.3. The van der Waals surface area contributed by atoms with E-state index in [2.05, 4.69) is 50.6 Å². The van der Waals surface area contributed by atoms with E-state index >= 15 is 0 Å². The zero-order valence-electron chi connectivity index (χ0n) is 41.9. The maximum Gasteiger partial charge on any atom is 0.236 e. The minimum Gasteiger partial charge on any atom is -0.388 e. The van der Waals surface area contributed by atoms with Crippen molar-refractivity contribution < 1.29 is 28.7 Å². The number of hydrogen-bond acceptors (Lipinski definition) is 10. The molecule has 0 radical (unpaired) electrons. The average molecular weight is 854 g/mol. The molecule has 13 heteroatoms. The summed E-state index contributed by atoms with van der Waals surface area (Å²) in [5, 5.41) is 9.04. The molecule has 3 amide bonds. The molecule has 1 fully saturated rings. The number of carbonyl (C=O) groups is 4. The molecule has 1 aliphatic heterocycles. The Labute approximate surface area is 369 Å². The van der Waals surface area contributed by atoms with Crippen LogP contribution in [0.1, 0.15) is 121 Å². The average Bonchev–Trinajstić information content (AvgIpc) is 3.73. The fourth-order valence-corrected chi connectivity index (χ4v) is 6.86. The van der Waals surface area contributed by atoms with Crippen LogP contribution in [0, 0.1) is 17.8 Å². The van der Waals surface area contributed by atoms with E-state index in [4.69, 9.17) is 15.2 Å². The van der Waals surface area contributed by atoms with Gasteiger partial charge < -0.3 is 45.8 Å². The SMILES string of the molecule is CC.CC.CC(C)C(C=O)N(C)C.CCC.CCC(C)C(C(CC)OC)N(C)C(=O)CNC.CNc1ccc(CC(CN)NC(=O)C(C)C(OC)C2CCCN2C=O)cc1. The van der Waals surface area contributed by atoms with Crippen LogP contribution in [0.2, 0.25) is 0 Å². The lowest BCUT2D eigenvalue weighted by Crippen LogP contribution is -2.51. The molecule has 0 bridgehead atoms. The highest BCUT2D eigenvalue weighted by Crippen LogP contribution is 2.25. The summed E-state index contributed by atoms with van der Waals surface area (Å²) >= 11 is 0. The van der Waals surface area contributed by atoms with Crippen LogP contribution < -0.4 is 21.7 Å². The number of anilines is 1. The van der Waals surface area contributed by atoms with Crippen LogP contribution in [0.15, 0.2) is 24.3 Å². The van der Waals surface area contributed by atoms with Gasteiger partial charge in [0.15, 0.2) is 0 Å². The number of nitrogens with zero attached hydrogens (tertiary/aromatic N) is 3. The van der Waals surface area contributed by atoms with E-state index < -0.39 is 0 Å². The number of benzene rings is 1. The molecular weight excluding hydrogens is 759 g/mol. The third kappa shape index (κ3) is 25.0. The minimum absolute atomic E-state index is 0.0568. The van der Waals surface area contributed by atoms with Gasteiger partial charge in [-0.2, -0.15) is 0 Å². The standard InChI is InChI=1S/C20H32N4O3.C13H28N2O2.C7H15NO.C3H8.2C2H6/c1-14(19(27-3)18-5-4-10-24(18)13-25)20(26)23-17(12-21)11-15-6-8-16(22-2)9-7-15;1-7-10(3)13(11(8-2)17-6)15(5)12(16)9-14-4;1-6(2)7(5-9)8(3)4;1-3-2;2*1-2/h6-9,13-14,17-19,22H,4-5,10-12,21H2,1-3H3,(H,23,26);10-11,13-14H,7-9H2,1-6H3;5-7H,1-4H3;3H2,1-2H3;2*1-2H3. The number of methoxy groups -OCH3 is 2. The van der Waals surface area contributed by atoms with Gasteiger partial charge in [0.1, 0.15) is 6.29 Å². The Bertz CT molecular complexity index is 1160. The molecule has 8 unspecified atom stereocenters. The molecule has 8 atom stereocenters. The number of rotatable bonds is 21. The van der Waals surface area contributed by atoms with E-state index in [1.807, 2.05) is 111 Å². The molecule has 0 spiro atoms. The zero-order valence-corrected chi connectivity index (χ0v) is 41.9. The molecule has 0 aliphatic carbocycles. The first kappa shape index (κ1) is 63.5. The summed E-state index contributed by atoms with van der Waals surface area (Å²) in [4.78, 5) is 51.8. The van der Waals surface area contributed by atoms with E-state index in [-0.39, 0.29) is 54.1 Å². The second-order valence-electron chi connectivity index (χ2n) is 15.3. The highest BCUT2D eigenvalue weighted by Gasteiger charge is 2.37. The van der Waals surface area contributed by atoms with Gasteiger partial charge in [-0.1, -0.05) is 108 Å². The number of amides is 3. The van der Waals surface area contributed by atoms with Gasteiger partial charge >= 0.3 is 0 Å². The Balaban J connectivity index is -0.000000405. The van der Waals surface area contributed by atoms with E-state index in [0.717, 1.165) is 56.2 Å². The van der Waals surface area contributed by atoms with E-state index in [0.29, 0.717) is 31.3 Å². The largest absolute Gasteiger partial charge is 0.388 e. The van der Waals surface area contributed by atoms with E-state index in [9.17, 15) is 19.2 Å². The number of hydrogen-bond donors (Lipinski definition) is 4. The molecule has 2 rings (SSSR count). The second kappa shape index (κ2) is 40.0. The fourth-order valence-electron chi connectivity index (χ4n) is 6.86. The summed E-state index contributed by atoms with van der Waals surface area (Å²) in [5.41, 5.74) is 8.04. The minimum atomic E-state index is -0.374.